The van der Waals surface area contributed by atoms with Crippen molar-refractivity contribution in [3.8, 4) is 0 Å². The molecule has 2 aromatic rings. The van der Waals surface area contributed by atoms with Crippen LogP contribution < -0.4 is 5.32 Å². The minimum absolute atomic E-state index is 0.0292. The number of carbonyl (C=O) groups excluding carboxylic acids is 2. The van der Waals surface area contributed by atoms with Gasteiger partial charge < -0.3 is 10.4 Å². The number of anilines is 1. The number of aliphatic carboxylic acids is 1. The van der Waals surface area contributed by atoms with E-state index in [4.69, 9.17) is 34.8 Å². The van der Waals surface area contributed by atoms with Gasteiger partial charge >= 0.3 is 5.97 Å². The van der Waals surface area contributed by atoms with Gasteiger partial charge in [0.25, 0.3) is 5.91 Å². The van der Waals surface area contributed by atoms with E-state index in [9.17, 15) is 19.5 Å². The van der Waals surface area contributed by atoms with Gasteiger partial charge in [0.2, 0.25) is 0 Å². The molecule has 2 saturated carbocycles. The highest BCUT2D eigenvalue weighted by molar-refractivity contribution is 6.54. The van der Waals surface area contributed by atoms with E-state index in [-0.39, 0.29) is 27.8 Å². The third kappa shape index (κ3) is 5.22. The number of carboxylic acid groups (broad SMARTS) is 1. The van der Waals surface area contributed by atoms with Gasteiger partial charge in [0.05, 0.1) is 26.7 Å². The predicted octanol–water partition coefficient (Wildman–Crippen LogP) is 5.61. The van der Waals surface area contributed by atoms with Gasteiger partial charge in [-0.05, 0) is 30.5 Å². The molecule has 0 saturated heterocycles. The minimum atomic E-state index is -1.08. The zero-order chi connectivity index (χ0) is 25.2. The topological polar surface area (TPSA) is 109 Å². The molecule has 2 atom stereocenters. The first kappa shape index (κ1) is 25.6. The predicted molar refractivity (Wildman–Crippen MR) is 136 cm³/mol. The summed E-state index contributed by atoms with van der Waals surface area (Å²) in [6.07, 6.45) is 8.09. The van der Waals surface area contributed by atoms with E-state index >= 15 is 0 Å². The van der Waals surface area contributed by atoms with Gasteiger partial charge in [-0.2, -0.15) is 0 Å². The number of aliphatic imine (C=N–C) groups is 1. The molecule has 7 nitrogen and oxygen atoms in total. The molecule has 2 N–H and O–H groups in total. The number of rotatable bonds is 6. The van der Waals surface area contributed by atoms with Gasteiger partial charge in [0.15, 0.2) is 11.8 Å². The van der Waals surface area contributed by atoms with E-state index in [0.29, 0.717) is 29.8 Å². The molecule has 1 aromatic carbocycles. The second-order valence-electron chi connectivity index (χ2n) is 8.92. The molecule has 1 heterocycles. The number of pyridine rings is 1. The number of carboxylic acids is 1. The molecule has 2 aliphatic carbocycles. The minimum Gasteiger partial charge on any atom is -0.480 e. The number of halogens is 3. The largest absolute Gasteiger partial charge is 0.480 e. The highest BCUT2D eigenvalue weighted by atomic mass is 35.5. The fourth-order valence-electron chi connectivity index (χ4n) is 4.81. The second-order valence-corrected chi connectivity index (χ2v) is 10.2. The molecule has 10 heteroatoms. The Morgan fingerprint density at radius 3 is 2.26 bits per heavy atom. The number of benzene rings is 1. The van der Waals surface area contributed by atoms with Crippen molar-refractivity contribution in [3.05, 3.63) is 57.8 Å². The SMILES string of the molecule is O=C(Nc1ccc(C[C@H](N=C2C(Cl)C(=O)C23CCCCCC3)C(=O)O)cc1)c1c(Cl)cncc1Cl. The van der Waals surface area contributed by atoms with Gasteiger partial charge in [-0.25, -0.2) is 4.79 Å². The van der Waals surface area contributed by atoms with Crippen molar-refractivity contribution in [1.82, 2.24) is 4.98 Å². The van der Waals surface area contributed by atoms with Crippen LogP contribution in [0.15, 0.2) is 41.7 Å². The number of aromatic nitrogens is 1. The maximum Gasteiger partial charge on any atom is 0.328 e. The van der Waals surface area contributed by atoms with Crippen LogP contribution in [0.4, 0.5) is 5.69 Å². The molecular formula is C25H24Cl3N3O4. The van der Waals surface area contributed by atoms with Crippen molar-refractivity contribution in [2.24, 2.45) is 10.4 Å². The van der Waals surface area contributed by atoms with Crippen molar-refractivity contribution in [1.29, 1.82) is 0 Å². The van der Waals surface area contributed by atoms with E-state index in [0.717, 1.165) is 25.7 Å². The molecule has 184 valence electrons. The van der Waals surface area contributed by atoms with Crippen LogP contribution >= 0.6 is 34.8 Å². The Kier molecular flexibility index (Phi) is 7.79. The number of hydrogen-bond acceptors (Lipinski definition) is 5. The average molecular weight is 537 g/mol. The third-order valence-electron chi connectivity index (χ3n) is 6.69. The number of nitrogens with zero attached hydrogens (tertiary/aromatic N) is 2. The van der Waals surface area contributed by atoms with E-state index < -0.39 is 28.7 Å². The van der Waals surface area contributed by atoms with Crippen molar-refractivity contribution in [2.45, 2.75) is 56.4 Å². The number of carbonyl (C=O) groups is 3. The van der Waals surface area contributed by atoms with E-state index in [1.807, 2.05) is 0 Å². The fourth-order valence-corrected chi connectivity index (χ4v) is 5.82. The van der Waals surface area contributed by atoms with E-state index in [1.54, 1.807) is 24.3 Å². The highest BCUT2D eigenvalue weighted by Crippen LogP contribution is 2.48. The summed E-state index contributed by atoms with van der Waals surface area (Å²) < 4.78 is 0. The van der Waals surface area contributed by atoms with Crippen molar-refractivity contribution < 1.29 is 19.5 Å². The second kappa shape index (κ2) is 10.6. The maximum absolute atomic E-state index is 12.7. The molecule has 0 aliphatic heterocycles. The van der Waals surface area contributed by atoms with Crippen LogP contribution in [0.3, 0.4) is 0 Å². The Labute approximate surface area is 217 Å². The summed E-state index contributed by atoms with van der Waals surface area (Å²) in [4.78, 5) is 45.6. The lowest BCUT2D eigenvalue weighted by Crippen LogP contribution is -2.60. The Bertz CT molecular complexity index is 1150. The molecule has 1 unspecified atom stereocenters. The smallest absolute Gasteiger partial charge is 0.328 e. The maximum atomic E-state index is 12.7. The van der Waals surface area contributed by atoms with Crippen LogP contribution in [0.25, 0.3) is 0 Å². The van der Waals surface area contributed by atoms with Crippen LogP contribution in [0.2, 0.25) is 10.0 Å². The molecule has 35 heavy (non-hydrogen) atoms. The Hall–Kier alpha value is -2.48. The fraction of sp³-hybridized carbons (Fsp3) is 0.400. The molecule has 1 spiro atoms. The standard InChI is InChI=1S/C25H24Cl3N3O4/c26-16-12-29-13-17(27)19(16)23(33)30-15-7-5-14(6-8-15)11-18(24(34)35)31-21-20(28)22(32)25(21)9-3-1-2-4-10-25/h5-8,12-13,18,20H,1-4,9-11H2,(H,30,33)(H,34,35)/t18-,20?/m0/s1. The molecule has 1 amide bonds. The number of amides is 1. The lowest BCUT2D eigenvalue weighted by Gasteiger charge is -2.45. The van der Waals surface area contributed by atoms with E-state index in [2.05, 4.69) is 15.3 Å². The summed E-state index contributed by atoms with van der Waals surface area (Å²) in [5.74, 6) is -1.59. The van der Waals surface area contributed by atoms with Crippen LogP contribution in [0, 0.1) is 5.41 Å². The summed E-state index contributed by atoms with van der Waals surface area (Å²) >= 11 is 18.4. The summed E-state index contributed by atoms with van der Waals surface area (Å²) in [5, 5.41) is 12.0. The summed E-state index contributed by atoms with van der Waals surface area (Å²) in [5.41, 5.74) is 1.15. The lowest BCUT2D eigenvalue weighted by molar-refractivity contribution is -0.138. The van der Waals surface area contributed by atoms with E-state index in [1.165, 1.54) is 12.4 Å². The number of Topliss-reactive ketones (excluding diaryl/α,β-unsaturated/α-hetero) is 1. The summed E-state index contributed by atoms with van der Waals surface area (Å²) in [6, 6.07) is 5.69. The number of ketones is 1. The van der Waals surface area contributed by atoms with Crippen LogP contribution in [-0.2, 0) is 16.0 Å². The van der Waals surface area contributed by atoms with Crippen molar-refractivity contribution in [3.63, 3.8) is 0 Å². The molecule has 1 aromatic heterocycles. The lowest BCUT2D eigenvalue weighted by atomic mass is 9.60. The highest BCUT2D eigenvalue weighted by Gasteiger charge is 2.58. The molecule has 4 rings (SSSR count). The Balaban J connectivity index is 1.49. The van der Waals surface area contributed by atoms with Gasteiger partial charge in [-0.15, -0.1) is 11.6 Å². The first-order valence-electron chi connectivity index (χ1n) is 11.4. The molecule has 2 fully saturated rings. The number of hydrogen-bond donors (Lipinski definition) is 2. The van der Waals surface area contributed by atoms with Crippen molar-refractivity contribution in [2.75, 3.05) is 5.32 Å². The first-order valence-corrected chi connectivity index (χ1v) is 12.6. The Morgan fingerprint density at radius 2 is 1.69 bits per heavy atom. The van der Waals surface area contributed by atoms with Crippen LogP contribution in [0.5, 0.6) is 0 Å². The quantitative estimate of drug-likeness (QED) is 0.467. The zero-order valence-corrected chi connectivity index (χ0v) is 21.0. The first-order chi connectivity index (χ1) is 16.7. The van der Waals surface area contributed by atoms with Gasteiger partial charge in [-0.1, -0.05) is 61.0 Å². The van der Waals surface area contributed by atoms with Crippen LogP contribution in [0.1, 0.15) is 54.4 Å². The molecule has 2 aliphatic rings. The molecular weight excluding hydrogens is 513 g/mol. The molecule has 0 bridgehead atoms. The summed E-state index contributed by atoms with van der Waals surface area (Å²) in [6.45, 7) is 0. The van der Waals surface area contributed by atoms with Gasteiger partial charge in [-0.3, -0.25) is 19.6 Å². The third-order valence-corrected chi connectivity index (χ3v) is 7.67. The van der Waals surface area contributed by atoms with Gasteiger partial charge in [0, 0.05) is 24.5 Å². The molecule has 0 radical (unpaired) electrons. The van der Waals surface area contributed by atoms with Gasteiger partial charge in [0.1, 0.15) is 5.38 Å². The summed E-state index contributed by atoms with van der Waals surface area (Å²) in [7, 11) is 0. The Morgan fingerprint density at radius 1 is 1.09 bits per heavy atom. The normalized spacial score (nSPS) is 21.3. The number of nitrogens with one attached hydrogen (secondary N) is 1. The van der Waals surface area contributed by atoms with Crippen LogP contribution in [-0.4, -0.2) is 44.9 Å². The average Bonchev–Trinajstić information content (AvgIpc) is 3.10. The number of alkyl halides is 1. The zero-order valence-electron chi connectivity index (χ0n) is 18.8. The van der Waals surface area contributed by atoms with Crippen molar-refractivity contribution >= 4 is 63.9 Å². The monoisotopic (exact) mass is 535 g/mol.